The predicted octanol–water partition coefficient (Wildman–Crippen LogP) is 3.35. The SMILES string of the molecule is O=C(c1nnc(-c2ccc(F)cc2)o1)N1CCN(C/C=C/c2ccccc2)CC1. The number of carbonyl (C=O) groups is 1. The minimum atomic E-state index is -0.346. The van der Waals surface area contributed by atoms with Crippen LogP contribution in [0.4, 0.5) is 4.39 Å². The van der Waals surface area contributed by atoms with Crippen molar-refractivity contribution >= 4 is 12.0 Å². The lowest BCUT2D eigenvalue weighted by Crippen LogP contribution is -2.48. The summed E-state index contributed by atoms with van der Waals surface area (Å²) in [5.74, 6) is -0.453. The van der Waals surface area contributed by atoms with Crippen LogP contribution in [0.15, 0.2) is 65.1 Å². The van der Waals surface area contributed by atoms with Gasteiger partial charge in [0.05, 0.1) is 0 Å². The largest absolute Gasteiger partial charge is 0.412 e. The van der Waals surface area contributed by atoms with Crippen LogP contribution in [0.5, 0.6) is 0 Å². The Labute approximate surface area is 168 Å². The first-order chi connectivity index (χ1) is 14.2. The summed E-state index contributed by atoms with van der Waals surface area (Å²) in [6.07, 6.45) is 4.24. The molecule has 2 aromatic carbocycles. The highest BCUT2D eigenvalue weighted by Crippen LogP contribution is 2.19. The van der Waals surface area contributed by atoms with Gasteiger partial charge >= 0.3 is 11.8 Å². The molecule has 6 nitrogen and oxygen atoms in total. The van der Waals surface area contributed by atoms with Gasteiger partial charge < -0.3 is 9.32 Å². The molecular weight excluding hydrogens is 371 g/mol. The summed E-state index contributed by atoms with van der Waals surface area (Å²) in [5.41, 5.74) is 1.75. The average molecular weight is 392 g/mol. The van der Waals surface area contributed by atoms with Crippen molar-refractivity contribution in [2.75, 3.05) is 32.7 Å². The molecule has 2 heterocycles. The number of piperazine rings is 1. The zero-order chi connectivity index (χ0) is 20.1. The Kier molecular flexibility index (Phi) is 5.76. The van der Waals surface area contributed by atoms with Crippen LogP contribution in [0.1, 0.15) is 16.2 Å². The Morgan fingerprint density at radius 3 is 2.45 bits per heavy atom. The molecule has 29 heavy (non-hydrogen) atoms. The van der Waals surface area contributed by atoms with Gasteiger partial charge in [0.25, 0.3) is 0 Å². The van der Waals surface area contributed by atoms with Gasteiger partial charge in [0, 0.05) is 38.3 Å². The van der Waals surface area contributed by atoms with Crippen LogP contribution in [0.25, 0.3) is 17.5 Å². The van der Waals surface area contributed by atoms with Gasteiger partial charge in [-0.1, -0.05) is 42.5 Å². The summed E-state index contributed by atoms with van der Waals surface area (Å²) in [5, 5.41) is 7.78. The van der Waals surface area contributed by atoms with Crippen LogP contribution in [0.2, 0.25) is 0 Å². The lowest BCUT2D eigenvalue weighted by Gasteiger charge is -2.33. The van der Waals surface area contributed by atoms with Crippen molar-refractivity contribution in [3.63, 3.8) is 0 Å². The third-order valence-corrected chi connectivity index (χ3v) is 4.83. The molecule has 7 heteroatoms. The minimum absolute atomic E-state index is 0.0400. The fraction of sp³-hybridized carbons (Fsp3) is 0.227. The zero-order valence-electron chi connectivity index (χ0n) is 15.9. The van der Waals surface area contributed by atoms with Gasteiger partial charge in [-0.05, 0) is 29.8 Å². The number of benzene rings is 2. The lowest BCUT2D eigenvalue weighted by molar-refractivity contribution is 0.0612. The third-order valence-electron chi connectivity index (χ3n) is 4.83. The van der Waals surface area contributed by atoms with Crippen LogP contribution in [0, 0.1) is 5.82 Å². The number of rotatable bonds is 5. The fourth-order valence-corrected chi connectivity index (χ4v) is 3.19. The second-order valence-electron chi connectivity index (χ2n) is 6.83. The molecule has 0 aliphatic carbocycles. The molecule has 0 saturated carbocycles. The van der Waals surface area contributed by atoms with Crippen LogP contribution < -0.4 is 0 Å². The first-order valence-corrected chi connectivity index (χ1v) is 9.52. The van der Waals surface area contributed by atoms with E-state index in [1.54, 1.807) is 17.0 Å². The van der Waals surface area contributed by atoms with Crippen molar-refractivity contribution in [3.05, 3.63) is 77.9 Å². The summed E-state index contributed by atoms with van der Waals surface area (Å²) in [4.78, 5) is 16.7. The van der Waals surface area contributed by atoms with E-state index in [2.05, 4.69) is 39.4 Å². The molecule has 148 valence electrons. The molecule has 4 rings (SSSR count). The van der Waals surface area contributed by atoms with Crippen molar-refractivity contribution in [2.45, 2.75) is 0 Å². The first-order valence-electron chi connectivity index (χ1n) is 9.52. The van der Waals surface area contributed by atoms with E-state index in [0.29, 0.717) is 18.7 Å². The molecule has 1 aliphatic rings. The molecule has 0 unspecified atom stereocenters. The second-order valence-corrected chi connectivity index (χ2v) is 6.83. The number of carbonyl (C=O) groups excluding carboxylic acids is 1. The molecule has 1 amide bonds. The number of hydrogen-bond donors (Lipinski definition) is 0. The maximum absolute atomic E-state index is 13.0. The van der Waals surface area contributed by atoms with E-state index in [0.717, 1.165) is 19.6 Å². The monoisotopic (exact) mass is 392 g/mol. The Balaban J connectivity index is 1.30. The van der Waals surface area contributed by atoms with Gasteiger partial charge in [0.15, 0.2) is 0 Å². The van der Waals surface area contributed by atoms with E-state index in [9.17, 15) is 9.18 Å². The lowest BCUT2D eigenvalue weighted by atomic mass is 10.2. The van der Waals surface area contributed by atoms with Gasteiger partial charge in [0.1, 0.15) is 5.82 Å². The molecule has 3 aromatic rings. The van der Waals surface area contributed by atoms with Crippen molar-refractivity contribution in [3.8, 4) is 11.5 Å². The molecule has 0 bridgehead atoms. The van der Waals surface area contributed by atoms with Crippen molar-refractivity contribution in [2.24, 2.45) is 0 Å². The Morgan fingerprint density at radius 1 is 1.00 bits per heavy atom. The van der Waals surface area contributed by atoms with Crippen molar-refractivity contribution in [1.29, 1.82) is 0 Å². The third kappa shape index (κ3) is 4.75. The maximum atomic E-state index is 13.0. The summed E-state index contributed by atoms with van der Waals surface area (Å²) >= 11 is 0. The quantitative estimate of drug-likeness (QED) is 0.666. The van der Waals surface area contributed by atoms with Gasteiger partial charge in [0.2, 0.25) is 5.89 Å². The number of hydrogen-bond acceptors (Lipinski definition) is 5. The summed E-state index contributed by atoms with van der Waals surface area (Å²) in [6.45, 7) is 3.61. The molecule has 1 fully saturated rings. The molecule has 0 N–H and O–H groups in total. The molecule has 0 atom stereocenters. The molecule has 1 aromatic heterocycles. The Hall–Kier alpha value is -3.32. The van der Waals surface area contributed by atoms with E-state index >= 15 is 0 Å². The summed E-state index contributed by atoms with van der Waals surface area (Å²) < 4.78 is 18.5. The van der Waals surface area contributed by atoms with E-state index in [-0.39, 0.29) is 23.5 Å². The smallest absolute Gasteiger partial charge is 0.311 e. The molecule has 0 spiro atoms. The fourth-order valence-electron chi connectivity index (χ4n) is 3.19. The number of aromatic nitrogens is 2. The maximum Gasteiger partial charge on any atom is 0.311 e. The summed E-state index contributed by atoms with van der Waals surface area (Å²) in [7, 11) is 0. The van der Waals surface area contributed by atoms with Gasteiger partial charge in [-0.2, -0.15) is 0 Å². The van der Waals surface area contributed by atoms with Gasteiger partial charge in [-0.3, -0.25) is 9.69 Å². The minimum Gasteiger partial charge on any atom is -0.412 e. The van der Waals surface area contributed by atoms with Crippen molar-refractivity contribution in [1.82, 2.24) is 20.0 Å². The Morgan fingerprint density at radius 2 is 1.72 bits per heavy atom. The van der Waals surface area contributed by atoms with Crippen LogP contribution in [-0.4, -0.2) is 58.6 Å². The number of nitrogens with zero attached hydrogens (tertiary/aromatic N) is 4. The first kappa shape index (κ1) is 19.0. The van der Waals surface area contributed by atoms with E-state index in [1.165, 1.54) is 17.7 Å². The average Bonchev–Trinajstić information content (AvgIpc) is 3.25. The highest BCUT2D eigenvalue weighted by molar-refractivity contribution is 5.89. The highest BCUT2D eigenvalue weighted by atomic mass is 19.1. The molecular formula is C22H21FN4O2. The highest BCUT2D eigenvalue weighted by Gasteiger charge is 2.26. The molecule has 1 saturated heterocycles. The number of halogens is 1. The predicted molar refractivity (Wildman–Crippen MR) is 108 cm³/mol. The molecule has 0 radical (unpaired) electrons. The zero-order valence-corrected chi connectivity index (χ0v) is 15.9. The van der Waals surface area contributed by atoms with Gasteiger partial charge in [-0.25, -0.2) is 4.39 Å². The van der Waals surface area contributed by atoms with E-state index in [4.69, 9.17) is 4.42 Å². The van der Waals surface area contributed by atoms with Crippen LogP contribution >= 0.6 is 0 Å². The van der Waals surface area contributed by atoms with Crippen molar-refractivity contribution < 1.29 is 13.6 Å². The van der Waals surface area contributed by atoms with Crippen LogP contribution in [0.3, 0.4) is 0 Å². The number of amides is 1. The summed E-state index contributed by atoms with van der Waals surface area (Å²) in [6, 6.07) is 15.9. The normalized spacial score (nSPS) is 15.1. The van der Waals surface area contributed by atoms with Gasteiger partial charge in [-0.15, -0.1) is 10.2 Å². The topological polar surface area (TPSA) is 62.5 Å². The standard InChI is InChI=1S/C22H21FN4O2/c23-19-10-8-18(9-11-19)20-24-25-21(29-20)22(28)27-15-13-26(14-16-27)12-4-7-17-5-2-1-3-6-17/h1-11H,12-16H2/b7-4+. The van der Waals surface area contributed by atoms with E-state index < -0.39 is 0 Å². The Bertz CT molecular complexity index is 978. The van der Waals surface area contributed by atoms with E-state index in [1.807, 2.05) is 18.2 Å². The molecule has 1 aliphatic heterocycles. The second kappa shape index (κ2) is 8.79. The van der Waals surface area contributed by atoms with Crippen LogP contribution in [-0.2, 0) is 0 Å².